The Morgan fingerprint density at radius 3 is 2.60 bits per heavy atom. The van der Waals surface area contributed by atoms with Crippen LogP contribution in [0.3, 0.4) is 0 Å². The highest BCUT2D eigenvalue weighted by atomic mass is 32.2. The fourth-order valence-electron chi connectivity index (χ4n) is 1.56. The average molecular weight is 291 g/mol. The molecule has 20 heavy (non-hydrogen) atoms. The monoisotopic (exact) mass is 291 g/mol. The van der Waals surface area contributed by atoms with Crippen LogP contribution >= 0.6 is 11.8 Å². The number of aromatic nitrogens is 2. The highest BCUT2D eigenvalue weighted by Gasteiger charge is 2.34. The molecule has 0 fully saturated rings. The van der Waals surface area contributed by atoms with Crippen LogP contribution in [0.1, 0.15) is 27.7 Å². The van der Waals surface area contributed by atoms with E-state index in [1.807, 2.05) is 26.0 Å². The zero-order valence-corrected chi connectivity index (χ0v) is 13.2. The molecule has 0 aliphatic heterocycles. The second-order valence-electron chi connectivity index (χ2n) is 6.18. The number of nitrogens with zero attached hydrogens (tertiary/aromatic N) is 2. The van der Waals surface area contributed by atoms with E-state index in [1.54, 1.807) is 18.0 Å². The number of rotatable bonds is 4. The Kier molecular flexibility index (Phi) is 3.93. The number of hydrogen-bond acceptors (Lipinski definition) is 5. The second-order valence-corrected chi connectivity index (χ2v) is 7.23. The molecule has 108 valence electrons. The van der Waals surface area contributed by atoms with E-state index in [0.717, 1.165) is 21.6 Å². The summed E-state index contributed by atoms with van der Waals surface area (Å²) in [5, 5.41) is 11.2. The molecule has 0 saturated heterocycles. The predicted molar refractivity (Wildman–Crippen MR) is 84.8 cm³/mol. The molecule has 1 aromatic heterocycles. The van der Waals surface area contributed by atoms with Crippen molar-refractivity contribution in [2.75, 3.05) is 11.5 Å². The molecule has 0 atom stereocenters. The van der Waals surface area contributed by atoms with Gasteiger partial charge >= 0.3 is 0 Å². The van der Waals surface area contributed by atoms with Crippen LogP contribution in [0.2, 0.25) is 0 Å². The van der Waals surface area contributed by atoms with Gasteiger partial charge in [0.05, 0.1) is 11.1 Å². The Hall–Kier alpha value is -1.33. The van der Waals surface area contributed by atoms with E-state index in [1.165, 1.54) is 0 Å². The molecule has 0 unspecified atom stereocenters. The normalized spacial score (nSPS) is 12.8. The Balaban J connectivity index is 2.17. The van der Waals surface area contributed by atoms with Gasteiger partial charge in [-0.2, -0.15) is 0 Å². The maximum absolute atomic E-state index is 10.2. The Bertz CT molecular complexity index is 620. The number of thioether (sulfide) groups is 1. The minimum Gasteiger partial charge on any atom is -0.390 e. The summed E-state index contributed by atoms with van der Waals surface area (Å²) >= 11 is 1.73. The van der Waals surface area contributed by atoms with Crippen LogP contribution < -0.4 is 5.73 Å². The van der Waals surface area contributed by atoms with E-state index in [0.29, 0.717) is 5.95 Å². The first-order valence-corrected chi connectivity index (χ1v) is 7.55. The first-order valence-electron chi connectivity index (χ1n) is 6.56. The zero-order valence-electron chi connectivity index (χ0n) is 12.3. The van der Waals surface area contributed by atoms with Crippen LogP contribution in [0.5, 0.6) is 0 Å². The number of benzene rings is 1. The lowest BCUT2D eigenvalue weighted by molar-refractivity contribution is -0.0210. The number of hydrogen-bond donors (Lipinski definition) is 2. The highest BCUT2D eigenvalue weighted by Crippen LogP contribution is 2.36. The van der Waals surface area contributed by atoms with E-state index in [9.17, 15) is 5.11 Å². The third-order valence-electron chi connectivity index (χ3n) is 3.83. The van der Waals surface area contributed by atoms with Gasteiger partial charge in [0, 0.05) is 27.6 Å². The summed E-state index contributed by atoms with van der Waals surface area (Å²) in [6.45, 7) is 7.85. The molecular weight excluding hydrogens is 270 g/mol. The Labute approximate surface area is 123 Å². The van der Waals surface area contributed by atoms with Gasteiger partial charge in [-0.25, -0.2) is 9.97 Å². The summed E-state index contributed by atoms with van der Waals surface area (Å²) in [6, 6.07) is 6.03. The molecular formula is C15H21N3OS. The summed E-state index contributed by atoms with van der Waals surface area (Å²) < 4.78 is 0. The van der Waals surface area contributed by atoms with Gasteiger partial charge in [0.15, 0.2) is 0 Å². The first kappa shape index (κ1) is 15.1. The van der Waals surface area contributed by atoms with Gasteiger partial charge in [-0.3, -0.25) is 0 Å². The molecule has 3 N–H and O–H groups in total. The molecule has 0 saturated carbocycles. The molecule has 0 radical (unpaired) electrons. The quantitative estimate of drug-likeness (QED) is 0.847. The molecule has 0 amide bonds. The number of nitrogens with two attached hydrogens (primary N) is 1. The third kappa shape index (κ3) is 3.22. The van der Waals surface area contributed by atoms with Gasteiger partial charge in [-0.15, -0.1) is 11.8 Å². The largest absolute Gasteiger partial charge is 0.390 e. The summed E-state index contributed by atoms with van der Waals surface area (Å²) in [6.07, 6.45) is 1.74. The number of nitrogen functional groups attached to an aromatic ring is 1. The van der Waals surface area contributed by atoms with Crippen molar-refractivity contribution in [1.82, 2.24) is 9.97 Å². The van der Waals surface area contributed by atoms with Crippen molar-refractivity contribution in [3.63, 3.8) is 0 Å². The number of aliphatic hydroxyl groups is 1. The van der Waals surface area contributed by atoms with Crippen molar-refractivity contribution < 1.29 is 5.11 Å². The van der Waals surface area contributed by atoms with E-state index < -0.39 is 5.60 Å². The lowest BCUT2D eigenvalue weighted by atomic mass is 9.79. The van der Waals surface area contributed by atoms with Crippen LogP contribution in [-0.2, 0) is 0 Å². The summed E-state index contributed by atoms with van der Waals surface area (Å²) in [5.41, 5.74) is 5.53. The van der Waals surface area contributed by atoms with Crippen molar-refractivity contribution in [2.45, 2.75) is 38.2 Å². The second kappa shape index (κ2) is 5.22. The summed E-state index contributed by atoms with van der Waals surface area (Å²) in [4.78, 5) is 9.34. The minimum absolute atomic E-state index is 0.176. The molecule has 4 nitrogen and oxygen atoms in total. The molecule has 1 heterocycles. The van der Waals surface area contributed by atoms with Gasteiger partial charge in [-0.1, -0.05) is 13.8 Å². The van der Waals surface area contributed by atoms with Gasteiger partial charge in [0.25, 0.3) is 0 Å². The maximum atomic E-state index is 10.2. The van der Waals surface area contributed by atoms with Gasteiger partial charge in [0.2, 0.25) is 5.95 Å². The van der Waals surface area contributed by atoms with E-state index >= 15 is 0 Å². The first-order chi connectivity index (χ1) is 9.19. The van der Waals surface area contributed by atoms with Crippen molar-refractivity contribution >= 4 is 28.6 Å². The molecule has 0 spiro atoms. The van der Waals surface area contributed by atoms with Crippen LogP contribution in [0, 0.1) is 5.41 Å². The van der Waals surface area contributed by atoms with Crippen LogP contribution in [-0.4, -0.2) is 26.4 Å². The molecule has 1 aromatic carbocycles. The average Bonchev–Trinajstić information content (AvgIpc) is 2.35. The zero-order chi connectivity index (χ0) is 15.0. The molecule has 2 aromatic rings. The molecule has 0 aliphatic rings. The highest BCUT2D eigenvalue weighted by molar-refractivity contribution is 7.99. The smallest absolute Gasteiger partial charge is 0.220 e. The van der Waals surface area contributed by atoms with Crippen LogP contribution in [0.4, 0.5) is 5.95 Å². The lowest BCUT2D eigenvalue weighted by Crippen LogP contribution is -2.40. The SMILES string of the molecule is CC(C)(O)C(C)(C)CSc1ccc2nc(N)ncc2c1. The van der Waals surface area contributed by atoms with Crippen molar-refractivity contribution in [3.8, 4) is 0 Å². The summed E-state index contributed by atoms with van der Waals surface area (Å²) in [5.74, 6) is 1.12. The Morgan fingerprint density at radius 1 is 1.25 bits per heavy atom. The van der Waals surface area contributed by atoms with Gasteiger partial charge in [-0.05, 0) is 32.0 Å². The molecule has 2 rings (SSSR count). The molecule has 0 aliphatic carbocycles. The van der Waals surface area contributed by atoms with Gasteiger partial charge < -0.3 is 10.8 Å². The van der Waals surface area contributed by atoms with Crippen molar-refractivity contribution in [2.24, 2.45) is 5.41 Å². The fourth-order valence-corrected chi connectivity index (χ4v) is 2.81. The number of fused-ring (bicyclic) bond motifs is 1. The third-order valence-corrected chi connectivity index (χ3v) is 5.28. The van der Waals surface area contributed by atoms with Crippen molar-refractivity contribution in [3.05, 3.63) is 24.4 Å². The number of anilines is 1. The lowest BCUT2D eigenvalue weighted by Gasteiger charge is -2.37. The topological polar surface area (TPSA) is 72.0 Å². The molecule has 5 heteroatoms. The summed E-state index contributed by atoms with van der Waals surface area (Å²) in [7, 11) is 0. The van der Waals surface area contributed by atoms with E-state index in [2.05, 4.69) is 29.9 Å². The maximum Gasteiger partial charge on any atom is 0.220 e. The van der Waals surface area contributed by atoms with Gasteiger partial charge in [0.1, 0.15) is 0 Å². The minimum atomic E-state index is -0.714. The fraction of sp³-hybridized carbons (Fsp3) is 0.467. The van der Waals surface area contributed by atoms with Crippen molar-refractivity contribution in [1.29, 1.82) is 0 Å². The standard InChI is InChI=1S/C15H21N3OS/c1-14(2,15(3,4)19)9-20-11-5-6-12-10(7-11)8-17-13(16)18-12/h5-8,19H,9H2,1-4H3,(H2,16,17,18). The molecule has 0 bridgehead atoms. The van der Waals surface area contributed by atoms with E-state index in [-0.39, 0.29) is 5.41 Å². The van der Waals surface area contributed by atoms with Crippen LogP contribution in [0.25, 0.3) is 10.9 Å². The predicted octanol–water partition coefficient (Wildman–Crippen LogP) is 3.10. The Morgan fingerprint density at radius 2 is 1.95 bits per heavy atom. The van der Waals surface area contributed by atoms with Crippen LogP contribution in [0.15, 0.2) is 29.3 Å². The van der Waals surface area contributed by atoms with E-state index in [4.69, 9.17) is 5.73 Å².